The van der Waals surface area contributed by atoms with Crippen molar-refractivity contribution in [3.8, 4) is 17.1 Å². The lowest BCUT2D eigenvalue weighted by molar-refractivity contribution is 0.0951. The molecule has 0 radical (unpaired) electrons. The van der Waals surface area contributed by atoms with Gasteiger partial charge in [0.25, 0.3) is 11.5 Å². The molecule has 6 aromatic rings. The molecule has 0 fully saturated rings. The standard InChI is InChI=1S/C30H23N7O2S/c1-19-24-16-17-25(38)37(23-14-12-22(13-15-23)28(39)31-18-20-8-4-2-5-9-20)27(24)34-29(32-19)40-30-33-26(35-36-30)21-10-6-3-7-11-21/h2-17H,18H2,1H3,(H,31,39)(H,33,35,36). The van der Waals surface area contributed by atoms with Crippen molar-refractivity contribution in [2.24, 2.45) is 0 Å². The van der Waals surface area contributed by atoms with Crippen LogP contribution in [0.25, 0.3) is 28.1 Å². The first kappa shape index (κ1) is 25.2. The molecule has 3 aromatic heterocycles. The fourth-order valence-corrected chi connectivity index (χ4v) is 4.98. The number of nitrogens with one attached hydrogen (secondary N) is 2. The number of carbonyl (C=O) groups excluding carboxylic acids is 1. The van der Waals surface area contributed by atoms with E-state index in [0.29, 0.717) is 39.6 Å². The Balaban J connectivity index is 1.28. The van der Waals surface area contributed by atoms with Gasteiger partial charge in [0.15, 0.2) is 16.6 Å². The predicted octanol–water partition coefficient (Wildman–Crippen LogP) is 4.96. The first-order valence-electron chi connectivity index (χ1n) is 12.5. The Labute approximate surface area is 233 Å². The Kier molecular flexibility index (Phi) is 6.90. The van der Waals surface area contributed by atoms with Gasteiger partial charge in [-0.1, -0.05) is 60.7 Å². The van der Waals surface area contributed by atoms with Crippen LogP contribution in [0.15, 0.2) is 112 Å². The van der Waals surface area contributed by atoms with Crippen LogP contribution < -0.4 is 10.9 Å². The molecule has 1 amide bonds. The molecule has 0 saturated heterocycles. The number of benzene rings is 3. The highest BCUT2D eigenvalue weighted by Gasteiger charge is 2.15. The Morgan fingerprint density at radius 2 is 1.57 bits per heavy atom. The first-order valence-corrected chi connectivity index (χ1v) is 13.4. The average Bonchev–Trinajstić information content (AvgIpc) is 3.45. The van der Waals surface area contributed by atoms with Gasteiger partial charge in [-0.2, -0.15) is 0 Å². The van der Waals surface area contributed by atoms with Crippen molar-refractivity contribution in [3.63, 3.8) is 0 Å². The van der Waals surface area contributed by atoms with Crippen LogP contribution in [0, 0.1) is 6.92 Å². The minimum absolute atomic E-state index is 0.195. The molecule has 0 spiro atoms. The highest BCUT2D eigenvalue weighted by atomic mass is 32.2. The van der Waals surface area contributed by atoms with Crippen molar-refractivity contribution in [1.29, 1.82) is 0 Å². The molecule has 0 bridgehead atoms. The highest BCUT2D eigenvalue weighted by molar-refractivity contribution is 7.99. The second-order valence-electron chi connectivity index (χ2n) is 8.99. The van der Waals surface area contributed by atoms with Crippen molar-refractivity contribution in [2.45, 2.75) is 23.8 Å². The number of nitrogens with zero attached hydrogens (tertiary/aromatic N) is 5. The number of amides is 1. The zero-order valence-corrected chi connectivity index (χ0v) is 22.2. The molecule has 2 N–H and O–H groups in total. The van der Waals surface area contributed by atoms with Crippen molar-refractivity contribution in [2.75, 3.05) is 0 Å². The topological polar surface area (TPSA) is 118 Å². The molecule has 10 heteroatoms. The van der Waals surface area contributed by atoms with Crippen LogP contribution in [0.4, 0.5) is 0 Å². The van der Waals surface area contributed by atoms with Crippen LogP contribution in [0.1, 0.15) is 21.6 Å². The lowest BCUT2D eigenvalue weighted by Crippen LogP contribution is -2.23. The molecule has 0 atom stereocenters. The van der Waals surface area contributed by atoms with Gasteiger partial charge in [-0.25, -0.2) is 15.0 Å². The minimum Gasteiger partial charge on any atom is -0.348 e. The second kappa shape index (κ2) is 11.0. The maximum atomic E-state index is 13.0. The first-order chi connectivity index (χ1) is 19.5. The molecule has 0 unspecified atom stereocenters. The fourth-order valence-electron chi connectivity index (χ4n) is 4.28. The van der Waals surface area contributed by atoms with Crippen molar-refractivity contribution < 1.29 is 4.79 Å². The van der Waals surface area contributed by atoms with Crippen molar-refractivity contribution >= 4 is 28.7 Å². The molecule has 9 nitrogen and oxygen atoms in total. The Bertz CT molecular complexity index is 1870. The van der Waals surface area contributed by atoms with Crippen LogP contribution in [0.2, 0.25) is 0 Å². The second-order valence-corrected chi connectivity index (χ2v) is 9.92. The van der Waals surface area contributed by atoms with Gasteiger partial charge < -0.3 is 5.32 Å². The van der Waals surface area contributed by atoms with Crippen molar-refractivity contribution in [1.82, 2.24) is 35.0 Å². The summed E-state index contributed by atoms with van der Waals surface area (Å²) in [5.74, 6) is 0.448. The van der Waals surface area contributed by atoms with Gasteiger partial charge in [-0.3, -0.25) is 19.3 Å². The van der Waals surface area contributed by atoms with E-state index in [-0.39, 0.29) is 11.5 Å². The third-order valence-corrected chi connectivity index (χ3v) is 7.03. The summed E-state index contributed by atoms with van der Waals surface area (Å²) in [5.41, 5.74) is 3.96. The van der Waals surface area contributed by atoms with Crippen LogP contribution in [0.3, 0.4) is 0 Å². The number of carbonyl (C=O) groups is 1. The molecule has 3 aromatic carbocycles. The Morgan fingerprint density at radius 1 is 0.850 bits per heavy atom. The summed E-state index contributed by atoms with van der Waals surface area (Å²) in [5, 5.41) is 11.8. The highest BCUT2D eigenvalue weighted by Crippen LogP contribution is 2.27. The smallest absolute Gasteiger partial charge is 0.256 e. The van der Waals surface area contributed by atoms with Crippen LogP contribution in [-0.4, -0.2) is 35.6 Å². The van der Waals surface area contributed by atoms with Crippen LogP contribution in [0.5, 0.6) is 0 Å². The predicted molar refractivity (Wildman–Crippen MR) is 153 cm³/mol. The van der Waals surface area contributed by atoms with Gasteiger partial charge in [0.2, 0.25) is 5.16 Å². The molecule has 0 aliphatic heterocycles. The molecule has 196 valence electrons. The number of aryl methyl sites for hydroxylation is 1. The quantitative estimate of drug-likeness (QED) is 0.272. The van der Waals surface area contributed by atoms with Gasteiger partial charge in [0.05, 0.1) is 11.4 Å². The number of rotatable bonds is 7. The van der Waals surface area contributed by atoms with Crippen LogP contribution in [-0.2, 0) is 6.54 Å². The largest absolute Gasteiger partial charge is 0.348 e. The third kappa shape index (κ3) is 5.25. The van der Waals surface area contributed by atoms with Gasteiger partial charge in [0, 0.05) is 29.1 Å². The summed E-state index contributed by atoms with van der Waals surface area (Å²) < 4.78 is 1.52. The Hall–Kier alpha value is -5.09. The molecule has 0 aliphatic rings. The van der Waals surface area contributed by atoms with E-state index in [9.17, 15) is 9.59 Å². The summed E-state index contributed by atoms with van der Waals surface area (Å²) in [4.78, 5) is 39.6. The van der Waals surface area contributed by atoms with Gasteiger partial charge in [-0.05, 0) is 54.6 Å². The molecule has 3 heterocycles. The summed E-state index contributed by atoms with van der Waals surface area (Å²) in [6, 6.07) is 29.5. The van der Waals surface area contributed by atoms with Crippen LogP contribution >= 0.6 is 11.8 Å². The Morgan fingerprint density at radius 3 is 2.33 bits per heavy atom. The summed E-state index contributed by atoms with van der Waals surface area (Å²) in [7, 11) is 0. The number of H-pyrrole nitrogens is 1. The molecule has 0 aliphatic carbocycles. The maximum Gasteiger partial charge on any atom is 0.256 e. The summed E-state index contributed by atoms with van der Waals surface area (Å²) in [6.45, 7) is 2.30. The number of hydrogen-bond acceptors (Lipinski definition) is 7. The van der Waals surface area contributed by atoms with Gasteiger partial charge in [0.1, 0.15) is 0 Å². The van der Waals surface area contributed by atoms with E-state index >= 15 is 0 Å². The van der Waals surface area contributed by atoms with Gasteiger partial charge >= 0.3 is 0 Å². The molecular weight excluding hydrogens is 522 g/mol. The molecular formula is C30H23N7O2S. The lowest BCUT2D eigenvalue weighted by atomic mass is 10.1. The molecule has 40 heavy (non-hydrogen) atoms. The van der Waals surface area contributed by atoms with E-state index in [1.807, 2.05) is 67.6 Å². The van der Waals surface area contributed by atoms with E-state index in [1.54, 1.807) is 30.3 Å². The number of aromatic nitrogens is 6. The lowest BCUT2D eigenvalue weighted by Gasteiger charge is -2.12. The third-order valence-electron chi connectivity index (χ3n) is 6.30. The van der Waals surface area contributed by atoms with E-state index in [2.05, 4.69) is 25.5 Å². The number of aromatic amines is 1. The summed E-state index contributed by atoms with van der Waals surface area (Å²) >= 11 is 1.21. The van der Waals surface area contributed by atoms with Gasteiger partial charge in [-0.15, -0.1) is 5.10 Å². The molecule has 0 saturated carbocycles. The monoisotopic (exact) mass is 545 g/mol. The number of pyridine rings is 1. The SMILES string of the molecule is Cc1nc(Sc2n[nH]c(-c3ccccc3)n2)nc2c1ccc(=O)n2-c1ccc(C(=O)NCc2ccccc2)cc1. The van der Waals surface area contributed by atoms with E-state index in [0.717, 1.165) is 22.2 Å². The number of fused-ring (bicyclic) bond motifs is 1. The fraction of sp³-hybridized carbons (Fsp3) is 0.0667. The maximum absolute atomic E-state index is 13.0. The normalized spacial score (nSPS) is 11.0. The summed E-state index contributed by atoms with van der Waals surface area (Å²) in [6.07, 6.45) is 0. The zero-order chi connectivity index (χ0) is 27.5. The zero-order valence-electron chi connectivity index (χ0n) is 21.4. The minimum atomic E-state index is -0.243. The molecule has 6 rings (SSSR count). The average molecular weight is 546 g/mol. The van der Waals surface area contributed by atoms with E-state index in [4.69, 9.17) is 4.98 Å². The number of hydrogen-bond donors (Lipinski definition) is 2. The van der Waals surface area contributed by atoms with E-state index < -0.39 is 0 Å². The van der Waals surface area contributed by atoms with Crippen molar-refractivity contribution in [3.05, 3.63) is 124 Å². The van der Waals surface area contributed by atoms with E-state index in [1.165, 1.54) is 22.4 Å².